The van der Waals surface area contributed by atoms with Gasteiger partial charge in [-0.1, -0.05) is 35.9 Å². The Balaban J connectivity index is 1.37. The van der Waals surface area contributed by atoms with E-state index in [4.69, 9.17) is 25.8 Å². The van der Waals surface area contributed by atoms with Crippen molar-refractivity contribution < 1.29 is 19.0 Å². The zero-order valence-electron chi connectivity index (χ0n) is 17.9. The van der Waals surface area contributed by atoms with Gasteiger partial charge < -0.3 is 14.2 Å². The number of carbonyl (C=O) groups is 1. The molecule has 0 atom stereocenters. The number of aromatic nitrogens is 5. The predicted octanol–water partition coefficient (Wildman–Crippen LogP) is 3.48. The van der Waals surface area contributed by atoms with E-state index in [1.807, 2.05) is 18.2 Å². The molecule has 2 heterocycles. The molecule has 0 bridgehead atoms. The van der Waals surface area contributed by atoms with Gasteiger partial charge in [0, 0.05) is 11.2 Å². The minimum atomic E-state index is -0.445. The molecule has 4 rings (SSSR count). The molecule has 1 N–H and O–H groups in total. The Morgan fingerprint density at radius 2 is 1.76 bits per heavy atom. The summed E-state index contributed by atoms with van der Waals surface area (Å²) in [5, 5.41) is 11.8. The van der Waals surface area contributed by atoms with Gasteiger partial charge in [0.05, 0.1) is 20.8 Å². The van der Waals surface area contributed by atoms with Crippen LogP contribution in [0.1, 0.15) is 16.1 Å². The molecule has 0 saturated carbocycles. The van der Waals surface area contributed by atoms with Gasteiger partial charge in [-0.05, 0) is 29.8 Å². The minimum Gasteiger partial charge on any atom is -0.493 e. The molecule has 2 aromatic heterocycles. The SMILES string of the molecule is COc1cccc(OC)c1OCn1ccc(C(=O)Nc2ncn(Cc3ccccc3Cl)n2)n1. The van der Waals surface area contributed by atoms with Gasteiger partial charge in [0.1, 0.15) is 6.33 Å². The number of anilines is 1. The highest BCUT2D eigenvalue weighted by molar-refractivity contribution is 6.31. The summed E-state index contributed by atoms with van der Waals surface area (Å²) in [5.74, 6) is 1.21. The van der Waals surface area contributed by atoms with Gasteiger partial charge in [-0.2, -0.15) is 5.10 Å². The van der Waals surface area contributed by atoms with Gasteiger partial charge >= 0.3 is 0 Å². The van der Waals surface area contributed by atoms with E-state index in [0.29, 0.717) is 28.8 Å². The second kappa shape index (κ2) is 10.0. The van der Waals surface area contributed by atoms with Crippen LogP contribution in [0.5, 0.6) is 17.2 Å². The average molecular weight is 469 g/mol. The van der Waals surface area contributed by atoms with Crippen LogP contribution in [0, 0.1) is 0 Å². The molecule has 0 radical (unpaired) electrons. The van der Waals surface area contributed by atoms with Crippen molar-refractivity contribution in [2.75, 3.05) is 19.5 Å². The quantitative estimate of drug-likeness (QED) is 0.401. The van der Waals surface area contributed by atoms with E-state index >= 15 is 0 Å². The fraction of sp³-hybridized carbons (Fsp3) is 0.182. The van der Waals surface area contributed by atoms with Crippen LogP contribution in [-0.2, 0) is 13.3 Å². The van der Waals surface area contributed by atoms with Gasteiger partial charge in [0.25, 0.3) is 5.91 Å². The number of para-hydroxylation sites is 1. The highest BCUT2D eigenvalue weighted by Crippen LogP contribution is 2.36. The molecule has 0 aliphatic heterocycles. The van der Waals surface area contributed by atoms with E-state index in [0.717, 1.165) is 5.56 Å². The van der Waals surface area contributed by atoms with Gasteiger partial charge in [-0.3, -0.25) is 10.1 Å². The third kappa shape index (κ3) is 5.24. The molecule has 4 aromatic rings. The number of hydrogen-bond donors (Lipinski definition) is 1. The van der Waals surface area contributed by atoms with Gasteiger partial charge in [-0.15, -0.1) is 5.10 Å². The summed E-state index contributed by atoms with van der Waals surface area (Å²) in [4.78, 5) is 16.7. The number of rotatable bonds is 9. The van der Waals surface area contributed by atoms with Crippen molar-refractivity contribution >= 4 is 23.5 Å². The summed E-state index contributed by atoms with van der Waals surface area (Å²) in [5.41, 5.74) is 1.08. The van der Waals surface area contributed by atoms with Gasteiger partial charge in [0.15, 0.2) is 23.9 Å². The molecule has 0 aliphatic carbocycles. The highest BCUT2D eigenvalue weighted by Gasteiger charge is 2.15. The van der Waals surface area contributed by atoms with Crippen molar-refractivity contribution in [3.63, 3.8) is 0 Å². The lowest BCUT2D eigenvalue weighted by atomic mass is 10.2. The van der Waals surface area contributed by atoms with Crippen LogP contribution in [0.4, 0.5) is 5.95 Å². The van der Waals surface area contributed by atoms with Crippen LogP contribution in [0.3, 0.4) is 0 Å². The minimum absolute atomic E-state index is 0.0503. The van der Waals surface area contributed by atoms with E-state index in [2.05, 4.69) is 20.5 Å². The summed E-state index contributed by atoms with van der Waals surface area (Å²) >= 11 is 6.18. The van der Waals surface area contributed by atoms with Crippen LogP contribution >= 0.6 is 11.6 Å². The molecule has 170 valence electrons. The summed E-state index contributed by atoms with van der Waals surface area (Å²) in [6, 6.07) is 14.3. The maximum atomic E-state index is 12.5. The summed E-state index contributed by atoms with van der Waals surface area (Å²) in [7, 11) is 3.09. The molecule has 0 aliphatic rings. The van der Waals surface area contributed by atoms with Crippen molar-refractivity contribution in [2.24, 2.45) is 0 Å². The van der Waals surface area contributed by atoms with Gasteiger partial charge in [0.2, 0.25) is 11.7 Å². The lowest BCUT2D eigenvalue weighted by Gasteiger charge is -2.13. The zero-order chi connectivity index (χ0) is 23.2. The first-order valence-electron chi connectivity index (χ1n) is 9.89. The van der Waals surface area contributed by atoms with Crippen LogP contribution in [0.2, 0.25) is 5.02 Å². The van der Waals surface area contributed by atoms with Crippen LogP contribution in [-0.4, -0.2) is 44.7 Å². The van der Waals surface area contributed by atoms with Crippen LogP contribution in [0.25, 0.3) is 0 Å². The Morgan fingerprint density at radius 1 is 1.00 bits per heavy atom. The fourth-order valence-electron chi connectivity index (χ4n) is 3.04. The average Bonchev–Trinajstić information content (AvgIpc) is 3.48. The monoisotopic (exact) mass is 468 g/mol. The highest BCUT2D eigenvalue weighted by atomic mass is 35.5. The van der Waals surface area contributed by atoms with E-state index in [-0.39, 0.29) is 18.4 Å². The number of amides is 1. The largest absolute Gasteiger partial charge is 0.493 e. The van der Waals surface area contributed by atoms with Crippen molar-refractivity contribution in [3.8, 4) is 17.2 Å². The number of ether oxygens (including phenoxy) is 3. The number of carbonyl (C=O) groups excluding carboxylic acids is 1. The molecular formula is C22H21ClN6O4. The summed E-state index contributed by atoms with van der Waals surface area (Å²) in [6.45, 7) is 0.482. The van der Waals surface area contributed by atoms with Crippen LogP contribution < -0.4 is 19.5 Å². The van der Waals surface area contributed by atoms with E-state index in [1.54, 1.807) is 55.4 Å². The molecule has 0 unspecified atom stereocenters. The molecule has 0 fully saturated rings. The fourth-order valence-corrected chi connectivity index (χ4v) is 3.24. The molecule has 10 nitrogen and oxygen atoms in total. The number of nitrogens with one attached hydrogen (secondary N) is 1. The number of halogens is 1. The predicted molar refractivity (Wildman–Crippen MR) is 121 cm³/mol. The molecule has 33 heavy (non-hydrogen) atoms. The maximum absolute atomic E-state index is 12.5. The standard InChI is InChI=1S/C22H21ClN6O4/c1-31-18-8-5-9-19(32-2)20(18)33-14-28-11-10-17(26-28)21(30)25-22-24-13-29(27-22)12-15-6-3-4-7-16(15)23/h3-11,13H,12,14H2,1-2H3,(H,25,27,30). The first-order valence-corrected chi connectivity index (χ1v) is 10.3. The second-order valence-electron chi connectivity index (χ2n) is 6.82. The lowest BCUT2D eigenvalue weighted by molar-refractivity contribution is 0.101. The Hall–Kier alpha value is -4.05. The molecule has 0 saturated heterocycles. The molecule has 11 heteroatoms. The number of nitrogens with zero attached hydrogens (tertiary/aromatic N) is 5. The van der Waals surface area contributed by atoms with E-state index < -0.39 is 5.91 Å². The Kier molecular flexibility index (Phi) is 6.75. The van der Waals surface area contributed by atoms with E-state index in [9.17, 15) is 4.79 Å². The first-order chi connectivity index (χ1) is 16.1. The van der Waals surface area contributed by atoms with Crippen molar-refractivity contribution in [2.45, 2.75) is 13.3 Å². The molecule has 1 amide bonds. The molecule has 0 spiro atoms. The third-order valence-electron chi connectivity index (χ3n) is 4.65. The Bertz CT molecular complexity index is 1230. The maximum Gasteiger partial charge on any atom is 0.278 e. The molecular weight excluding hydrogens is 448 g/mol. The Labute approximate surface area is 194 Å². The van der Waals surface area contributed by atoms with Crippen LogP contribution in [0.15, 0.2) is 61.1 Å². The summed E-state index contributed by atoms with van der Waals surface area (Å²) in [6.07, 6.45) is 3.15. The zero-order valence-corrected chi connectivity index (χ0v) is 18.7. The third-order valence-corrected chi connectivity index (χ3v) is 5.02. The second-order valence-corrected chi connectivity index (χ2v) is 7.22. The number of hydrogen-bond acceptors (Lipinski definition) is 7. The number of methoxy groups -OCH3 is 2. The normalized spacial score (nSPS) is 10.6. The van der Waals surface area contributed by atoms with Crippen molar-refractivity contribution in [3.05, 3.63) is 77.3 Å². The Morgan fingerprint density at radius 3 is 2.48 bits per heavy atom. The first kappa shape index (κ1) is 22.2. The smallest absolute Gasteiger partial charge is 0.278 e. The molecule has 2 aromatic carbocycles. The van der Waals surface area contributed by atoms with Crippen molar-refractivity contribution in [1.29, 1.82) is 0 Å². The van der Waals surface area contributed by atoms with Gasteiger partial charge in [-0.25, -0.2) is 14.3 Å². The van der Waals surface area contributed by atoms with Crippen molar-refractivity contribution in [1.82, 2.24) is 24.5 Å². The lowest BCUT2D eigenvalue weighted by Crippen LogP contribution is -2.15. The summed E-state index contributed by atoms with van der Waals surface area (Å²) < 4.78 is 19.5. The topological polar surface area (TPSA) is 105 Å². The number of benzene rings is 2. The van der Waals surface area contributed by atoms with E-state index in [1.165, 1.54) is 11.0 Å².